The van der Waals surface area contributed by atoms with Crippen molar-refractivity contribution in [3.05, 3.63) is 97.2 Å². The maximum absolute atomic E-state index is 12.8. The first kappa shape index (κ1) is 61.3. The Balaban J connectivity index is 2.38. The lowest BCUT2D eigenvalue weighted by Crippen LogP contribution is -2.64. The first-order valence-electron chi connectivity index (χ1n) is 25.1. The SMILES string of the molecule is CC/C=C\C/C=C\C/C=C\C/C=C\C/C=C\C/C=C\CCCCCCCOCC(COP(=O)(O)OC1C(O)C(O)C(O)C(O)C1O)OC(=O)CCCCCCC/C=C\C/C=C\CCCCC. The van der Waals surface area contributed by atoms with Gasteiger partial charge >= 0.3 is 13.8 Å². The number of rotatable bonds is 41. The molecule has 0 heterocycles. The lowest BCUT2D eigenvalue weighted by Gasteiger charge is -2.41. The molecule has 1 rings (SSSR count). The van der Waals surface area contributed by atoms with Crippen LogP contribution in [-0.4, -0.2) is 98.9 Å². The summed E-state index contributed by atoms with van der Waals surface area (Å²) >= 11 is 0. The molecule has 0 spiro atoms. The molecule has 0 amide bonds. The van der Waals surface area contributed by atoms with Crippen molar-refractivity contribution in [3.63, 3.8) is 0 Å². The Morgan fingerprint density at radius 1 is 0.500 bits per heavy atom. The highest BCUT2D eigenvalue weighted by Crippen LogP contribution is 2.47. The predicted octanol–water partition coefficient (Wildman–Crippen LogP) is 11.1. The standard InChI is InChI=1S/C53H89O12P/c1-3-5-7-9-11-13-15-17-19-20-21-22-23-24-25-26-27-29-31-33-35-37-39-41-43-62-44-46(45-63-66(60,61)65-53-51(58)49(56)48(55)50(57)52(53)59)64-47(54)42-40-38-36-34-32-30-28-18-16-14-12-10-8-6-4-2/h5,7,11-14,17-19,21-22,24-25,27-29,46,48-53,55-59H,3-4,6,8-10,15-16,20,23,26,30-45H2,1-2H3,(H,60,61)/b7-5-,13-11-,14-12-,19-17-,22-21-,25-24-,28-18-,29-27-. The third-order valence-electron chi connectivity index (χ3n) is 10.9. The smallest absolute Gasteiger partial charge is 0.457 e. The van der Waals surface area contributed by atoms with E-state index in [4.69, 9.17) is 18.5 Å². The summed E-state index contributed by atoms with van der Waals surface area (Å²) in [4.78, 5) is 23.2. The van der Waals surface area contributed by atoms with Crippen molar-refractivity contribution in [3.8, 4) is 0 Å². The third kappa shape index (κ3) is 33.7. The number of phosphoric ester groups is 1. The number of esters is 1. The number of allylic oxidation sites excluding steroid dienone is 16. The van der Waals surface area contributed by atoms with Crippen LogP contribution >= 0.6 is 7.82 Å². The molecule has 12 nitrogen and oxygen atoms in total. The van der Waals surface area contributed by atoms with Crippen molar-refractivity contribution in [1.82, 2.24) is 0 Å². The molecule has 0 saturated heterocycles. The molecule has 6 unspecified atom stereocenters. The van der Waals surface area contributed by atoms with Gasteiger partial charge in [-0.15, -0.1) is 0 Å². The Morgan fingerprint density at radius 3 is 1.36 bits per heavy atom. The van der Waals surface area contributed by atoms with Crippen molar-refractivity contribution in [2.75, 3.05) is 19.8 Å². The van der Waals surface area contributed by atoms with Gasteiger partial charge in [0.15, 0.2) is 0 Å². The monoisotopic (exact) mass is 949 g/mol. The van der Waals surface area contributed by atoms with E-state index in [0.717, 1.165) is 122 Å². The van der Waals surface area contributed by atoms with Crippen molar-refractivity contribution < 1.29 is 58.3 Å². The fourth-order valence-electron chi connectivity index (χ4n) is 6.98. The molecule has 13 heteroatoms. The molecule has 378 valence electrons. The van der Waals surface area contributed by atoms with E-state index < -0.39 is 63.1 Å². The molecule has 1 aliphatic rings. The zero-order valence-corrected chi connectivity index (χ0v) is 41.3. The zero-order valence-electron chi connectivity index (χ0n) is 40.5. The molecule has 0 radical (unpaired) electrons. The maximum Gasteiger partial charge on any atom is 0.472 e. The van der Waals surface area contributed by atoms with Gasteiger partial charge in [0.05, 0.1) is 13.2 Å². The molecule has 0 aromatic rings. The summed E-state index contributed by atoms with van der Waals surface area (Å²) < 4.78 is 34.2. The minimum absolute atomic E-state index is 0.102. The highest BCUT2D eigenvalue weighted by molar-refractivity contribution is 7.47. The van der Waals surface area contributed by atoms with Gasteiger partial charge in [-0.3, -0.25) is 13.8 Å². The molecule has 66 heavy (non-hydrogen) atoms. The van der Waals surface area contributed by atoms with E-state index in [1.165, 1.54) is 19.3 Å². The van der Waals surface area contributed by atoms with Gasteiger partial charge in [-0.2, -0.15) is 0 Å². The summed E-state index contributed by atoms with van der Waals surface area (Å²) in [6.07, 6.45) is 46.1. The van der Waals surface area contributed by atoms with Gasteiger partial charge in [-0.05, 0) is 96.3 Å². The Labute approximate surface area is 398 Å². The Bertz CT molecular complexity index is 1450. The second-order valence-corrected chi connectivity index (χ2v) is 18.3. The fraction of sp³-hybridized carbons (Fsp3) is 0.679. The van der Waals surface area contributed by atoms with E-state index in [1.807, 2.05) is 0 Å². The average Bonchev–Trinajstić information content (AvgIpc) is 3.30. The largest absolute Gasteiger partial charge is 0.472 e. The van der Waals surface area contributed by atoms with Crippen molar-refractivity contribution >= 4 is 13.8 Å². The zero-order chi connectivity index (χ0) is 48.4. The van der Waals surface area contributed by atoms with Gasteiger partial charge < -0.3 is 39.9 Å². The molecule has 6 N–H and O–H groups in total. The molecule has 1 aliphatic carbocycles. The van der Waals surface area contributed by atoms with Gasteiger partial charge in [0.25, 0.3) is 0 Å². The topological polar surface area (TPSA) is 192 Å². The third-order valence-corrected chi connectivity index (χ3v) is 11.9. The van der Waals surface area contributed by atoms with Crippen LogP contribution in [0.2, 0.25) is 0 Å². The van der Waals surface area contributed by atoms with Gasteiger partial charge in [-0.1, -0.05) is 162 Å². The minimum Gasteiger partial charge on any atom is -0.457 e. The second kappa shape index (κ2) is 42.4. The molecule has 0 aromatic heterocycles. The Morgan fingerprint density at radius 2 is 0.894 bits per heavy atom. The van der Waals surface area contributed by atoms with Crippen LogP contribution in [0.3, 0.4) is 0 Å². The normalized spacial score (nSPS) is 22.2. The number of aliphatic hydroxyl groups excluding tert-OH is 5. The molecule has 6 atom stereocenters. The number of phosphoric acid groups is 1. The van der Waals surface area contributed by atoms with Gasteiger partial charge in [0.1, 0.15) is 42.7 Å². The summed E-state index contributed by atoms with van der Waals surface area (Å²) in [6.45, 7) is 4.05. The Hall–Kier alpha value is -2.74. The number of carbonyl (C=O) groups is 1. The van der Waals surface area contributed by atoms with Crippen LogP contribution in [0.4, 0.5) is 0 Å². The maximum atomic E-state index is 12.8. The highest BCUT2D eigenvalue weighted by Gasteiger charge is 2.51. The fourth-order valence-corrected chi connectivity index (χ4v) is 7.95. The average molecular weight is 949 g/mol. The summed E-state index contributed by atoms with van der Waals surface area (Å²) in [5, 5.41) is 50.3. The van der Waals surface area contributed by atoms with Crippen molar-refractivity contribution in [2.45, 2.75) is 211 Å². The van der Waals surface area contributed by atoms with Crippen molar-refractivity contribution in [1.29, 1.82) is 0 Å². The van der Waals surface area contributed by atoms with E-state index in [0.29, 0.717) is 13.0 Å². The lowest BCUT2D eigenvalue weighted by atomic mass is 9.85. The summed E-state index contributed by atoms with van der Waals surface area (Å²) in [5.74, 6) is -0.503. The van der Waals surface area contributed by atoms with Crippen LogP contribution in [0.1, 0.15) is 168 Å². The summed E-state index contributed by atoms with van der Waals surface area (Å²) in [7, 11) is -5.04. The van der Waals surface area contributed by atoms with Gasteiger partial charge in [0.2, 0.25) is 0 Å². The first-order chi connectivity index (χ1) is 32.0. The van der Waals surface area contributed by atoms with Crippen LogP contribution < -0.4 is 0 Å². The number of aliphatic hydroxyl groups is 5. The van der Waals surface area contributed by atoms with Crippen LogP contribution in [-0.2, 0) is 27.9 Å². The van der Waals surface area contributed by atoms with E-state index in [9.17, 15) is 39.8 Å². The van der Waals surface area contributed by atoms with Crippen LogP contribution in [0.25, 0.3) is 0 Å². The Kier molecular flexibility index (Phi) is 39.3. The lowest BCUT2D eigenvalue weighted by molar-refractivity contribution is -0.220. The van der Waals surface area contributed by atoms with Gasteiger partial charge in [0, 0.05) is 13.0 Å². The van der Waals surface area contributed by atoms with E-state index in [-0.39, 0.29) is 13.0 Å². The number of unbranched alkanes of at least 4 members (excludes halogenated alkanes) is 13. The molecular formula is C53H89O12P. The van der Waals surface area contributed by atoms with Crippen LogP contribution in [0.15, 0.2) is 97.2 Å². The minimum atomic E-state index is -5.04. The van der Waals surface area contributed by atoms with E-state index in [1.54, 1.807) is 0 Å². The summed E-state index contributed by atoms with van der Waals surface area (Å²) in [6, 6.07) is 0. The molecular weight excluding hydrogens is 860 g/mol. The number of carbonyl (C=O) groups excluding carboxylic acids is 1. The van der Waals surface area contributed by atoms with Crippen molar-refractivity contribution in [2.24, 2.45) is 0 Å². The molecule has 1 fully saturated rings. The number of hydrogen-bond acceptors (Lipinski definition) is 11. The predicted molar refractivity (Wildman–Crippen MR) is 267 cm³/mol. The molecule has 1 saturated carbocycles. The molecule has 0 aromatic carbocycles. The van der Waals surface area contributed by atoms with E-state index >= 15 is 0 Å². The molecule has 0 aliphatic heterocycles. The number of hydrogen-bond donors (Lipinski definition) is 6. The van der Waals surface area contributed by atoms with Crippen LogP contribution in [0, 0.1) is 0 Å². The summed E-state index contributed by atoms with van der Waals surface area (Å²) in [5.41, 5.74) is 0. The second-order valence-electron chi connectivity index (χ2n) is 16.9. The first-order valence-corrected chi connectivity index (χ1v) is 26.6. The van der Waals surface area contributed by atoms with E-state index in [2.05, 4.69) is 111 Å². The van der Waals surface area contributed by atoms with Gasteiger partial charge in [-0.25, -0.2) is 4.57 Å². The van der Waals surface area contributed by atoms with Crippen LogP contribution in [0.5, 0.6) is 0 Å². The number of ether oxygens (including phenoxy) is 2. The highest BCUT2D eigenvalue weighted by atomic mass is 31.2. The molecule has 0 bridgehead atoms. The quantitative estimate of drug-likeness (QED) is 0.0147.